The molecule has 1 fully saturated rings. The van der Waals surface area contributed by atoms with E-state index in [2.05, 4.69) is 78.1 Å². The summed E-state index contributed by atoms with van der Waals surface area (Å²) < 4.78 is 7.50. The van der Waals surface area contributed by atoms with E-state index in [1.54, 1.807) is 10.8 Å². The number of allylic oxidation sites excluding steroid dienone is 2. The molecule has 4 rings (SSSR count). The highest BCUT2D eigenvalue weighted by molar-refractivity contribution is 6.76. The second kappa shape index (κ2) is 13.1. The average molecular weight is 601 g/mol. The van der Waals surface area contributed by atoms with Crippen molar-refractivity contribution < 1.29 is 9.53 Å². The van der Waals surface area contributed by atoms with E-state index in [0.717, 1.165) is 49.6 Å². The number of hydrogen-bond donors (Lipinski definition) is 1. The summed E-state index contributed by atoms with van der Waals surface area (Å²) in [6, 6.07) is 9.32. The largest absolute Gasteiger partial charge is 0.361 e. The van der Waals surface area contributed by atoms with E-state index in [1.807, 2.05) is 30.0 Å². The number of likely N-dealkylation sites (N-methyl/N-ethyl adjacent to an activating group) is 2. The number of nitrogens with one attached hydrogen (secondary N) is 1. The van der Waals surface area contributed by atoms with E-state index in [9.17, 15) is 10.1 Å². The van der Waals surface area contributed by atoms with Gasteiger partial charge in [-0.2, -0.15) is 11.8 Å². The van der Waals surface area contributed by atoms with Gasteiger partial charge in [0.1, 0.15) is 17.9 Å². The molecule has 0 spiro atoms. The minimum Gasteiger partial charge on any atom is -0.361 e. The molecule has 10 nitrogen and oxygen atoms in total. The predicted molar refractivity (Wildman–Crippen MR) is 173 cm³/mol. The molecular weight excluding hydrogens is 556 g/mol. The number of aromatic nitrogens is 2. The standard InChI is InChI=1S/C32H44N8O2Si/c1-32(2)13-11-23(12-14-32)27-17-24(25-19-38(4)31(37-34-3)39(5)20-25)9-10-28(27)36-30(41)29-35-26(18-33)21-40(29)22-42-15-16-43(6,7)8/h9-11,17,21,25H,12-16,19-20,22H2,1-2,4-8H3,(H,36,41). The first-order chi connectivity index (χ1) is 20.3. The van der Waals surface area contributed by atoms with Gasteiger partial charge in [0.15, 0.2) is 5.69 Å². The number of carbonyl (C=O) groups is 1. The van der Waals surface area contributed by atoms with Gasteiger partial charge in [-0.15, -0.1) is 4.95 Å². The summed E-state index contributed by atoms with van der Waals surface area (Å²) in [6.45, 7) is 20.8. The van der Waals surface area contributed by atoms with Gasteiger partial charge in [-0.1, -0.05) is 45.6 Å². The van der Waals surface area contributed by atoms with Gasteiger partial charge >= 0.3 is 0 Å². The Morgan fingerprint density at radius 1 is 1.28 bits per heavy atom. The molecule has 0 unspecified atom stereocenters. The summed E-state index contributed by atoms with van der Waals surface area (Å²) >= 11 is 0. The van der Waals surface area contributed by atoms with Crippen LogP contribution in [0.4, 0.5) is 5.69 Å². The van der Waals surface area contributed by atoms with Crippen LogP contribution < -0.4 is 5.32 Å². The third-order valence-corrected chi connectivity index (χ3v) is 9.92. The Morgan fingerprint density at radius 3 is 2.60 bits per heavy atom. The minimum atomic E-state index is -1.26. The van der Waals surface area contributed by atoms with Crippen molar-refractivity contribution in [2.75, 3.05) is 39.1 Å². The average Bonchev–Trinajstić information content (AvgIpc) is 3.36. The van der Waals surface area contributed by atoms with Gasteiger partial charge in [0.25, 0.3) is 11.9 Å². The Labute approximate surface area is 256 Å². The SMILES string of the molecule is [C-]#[N+]N=C1N(C)CC(c2ccc(NC(=O)c3nc(C#N)cn3COCC[Si](C)(C)C)c(C3=CCC(C)(C)CC3)c2)CN1C. The lowest BCUT2D eigenvalue weighted by atomic mass is 9.76. The summed E-state index contributed by atoms with van der Waals surface area (Å²) in [7, 11) is 2.66. The first-order valence-corrected chi connectivity index (χ1v) is 18.6. The summed E-state index contributed by atoms with van der Waals surface area (Å²) in [5.74, 6) is 0.650. The molecule has 0 atom stereocenters. The second-order valence-electron chi connectivity index (χ2n) is 13.7. The summed E-state index contributed by atoms with van der Waals surface area (Å²) in [5.41, 5.74) is 4.55. The molecule has 1 saturated heterocycles. The number of carbonyl (C=O) groups excluding carboxylic acids is 1. The first-order valence-electron chi connectivity index (χ1n) is 14.9. The topological polar surface area (TPSA) is 103 Å². The van der Waals surface area contributed by atoms with Crippen molar-refractivity contribution in [1.29, 1.82) is 5.26 Å². The van der Waals surface area contributed by atoms with Gasteiger partial charge in [-0.05, 0) is 54.0 Å². The van der Waals surface area contributed by atoms with Crippen LogP contribution in [0.15, 0.2) is 35.6 Å². The van der Waals surface area contributed by atoms with Crippen LogP contribution in [0.5, 0.6) is 0 Å². The maximum atomic E-state index is 13.6. The maximum Gasteiger partial charge on any atom is 0.291 e. The molecule has 0 saturated carbocycles. The number of hydrogen-bond acceptors (Lipinski definition) is 5. The molecule has 1 aliphatic heterocycles. The van der Waals surface area contributed by atoms with Gasteiger partial charge in [-0.3, -0.25) is 4.79 Å². The van der Waals surface area contributed by atoms with E-state index in [1.165, 1.54) is 11.1 Å². The van der Waals surface area contributed by atoms with Crippen LogP contribution in [0.25, 0.3) is 10.5 Å². The zero-order valence-corrected chi connectivity index (χ0v) is 27.6. The number of rotatable bonds is 9. The predicted octanol–water partition coefficient (Wildman–Crippen LogP) is 6.06. The van der Waals surface area contributed by atoms with Crippen LogP contribution in [0.3, 0.4) is 0 Å². The number of benzene rings is 1. The number of nitriles is 1. The number of guanidine groups is 1. The zero-order chi connectivity index (χ0) is 31.4. The highest BCUT2D eigenvalue weighted by atomic mass is 28.3. The lowest BCUT2D eigenvalue weighted by Gasteiger charge is -2.38. The molecule has 11 heteroatoms. The summed E-state index contributed by atoms with van der Waals surface area (Å²) in [4.78, 5) is 25.2. The summed E-state index contributed by atoms with van der Waals surface area (Å²) in [6.07, 6.45) is 6.83. The van der Waals surface area contributed by atoms with E-state index in [4.69, 9.17) is 11.3 Å². The normalized spacial score (nSPS) is 18.5. The second-order valence-corrected chi connectivity index (χ2v) is 19.3. The highest BCUT2D eigenvalue weighted by Crippen LogP contribution is 2.41. The van der Waals surface area contributed by atoms with E-state index in [-0.39, 0.29) is 35.5 Å². The molecular formula is C32H44N8O2Si. The maximum absolute atomic E-state index is 13.6. The van der Waals surface area contributed by atoms with E-state index >= 15 is 0 Å². The van der Waals surface area contributed by atoms with Gasteiger partial charge < -0.3 is 24.4 Å². The van der Waals surface area contributed by atoms with Gasteiger partial charge in [0.05, 0.1) is 0 Å². The summed E-state index contributed by atoms with van der Waals surface area (Å²) in [5, 5.41) is 16.6. The number of amides is 1. The molecule has 1 aromatic carbocycles. The Hall–Kier alpha value is -3.93. The van der Waals surface area contributed by atoms with Crippen LogP contribution in [-0.4, -0.2) is 73.1 Å². The molecule has 43 heavy (non-hydrogen) atoms. The lowest BCUT2D eigenvalue weighted by molar-refractivity contribution is 0.0808. The van der Waals surface area contributed by atoms with E-state index < -0.39 is 8.07 Å². The molecule has 0 bridgehead atoms. The van der Waals surface area contributed by atoms with Crippen LogP contribution in [0.1, 0.15) is 66.5 Å². The Morgan fingerprint density at radius 2 is 2.00 bits per heavy atom. The molecule has 2 aromatic rings. The Kier molecular flexibility index (Phi) is 9.78. The lowest BCUT2D eigenvalue weighted by Crippen LogP contribution is -2.49. The van der Waals surface area contributed by atoms with Gasteiger partial charge in [0.2, 0.25) is 5.82 Å². The molecule has 1 aromatic heterocycles. The smallest absolute Gasteiger partial charge is 0.291 e. The molecule has 1 N–H and O–H groups in total. The monoisotopic (exact) mass is 600 g/mol. The van der Waals surface area contributed by atoms with E-state index in [0.29, 0.717) is 12.6 Å². The number of imidazole rings is 1. The van der Waals surface area contributed by atoms with Crippen LogP contribution >= 0.6 is 0 Å². The van der Waals surface area contributed by atoms with Crippen molar-refractivity contribution in [3.63, 3.8) is 0 Å². The van der Waals surface area contributed by atoms with Crippen molar-refractivity contribution in [2.24, 2.45) is 10.5 Å². The Bertz CT molecular complexity index is 1470. The first kappa shape index (κ1) is 32.0. The van der Waals surface area contributed by atoms with Crippen LogP contribution in [0.2, 0.25) is 25.7 Å². The molecule has 0 radical (unpaired) electrons. The number of nitrogens with zero attached hydrogens (tertiary/aromatic N) is 7. The molecule has 1 aliphatic carbocycles. The van der Waals surface area contributed by atoms with Gasteiger partial charge in [-0.25, -0.2) is 4.98 Å². The van der Waals surface area contributed by atoms with Crippen LogP contribution in [-0.2, 0) is 11.5 Å². The molecule has 2 aliphatic rings. The van der Waals surface area contributed by atoms with Crippen LogP contribution in [0, 0.1) is 23.3 Å². The molecule has 1 amide bonds. The fraction of sp³-hybridized carbons (Fsp3) is 0.531. The fourth-order valence-corrected chi connectivity index (χ4v) is 6.32. The number of anilines is 1. The minimum absolute atomic E-state index is 0.153. The highest BCUT2D eigenvalue weighted by Gasteiger charge is 2.30. The quantitative estimate of drug-likeness (QED) is 0.162. The third kappa shape index (κ3) is 8.13. The number of ether oxygens (including phenoxy) is 1. The van der Waals surface area contributed by atoms with Crippen molar-refractivity contribution >= 4 is 31.2 Å². The van der Waals surface area contributed by atoms with Crippen molar-refractivity contribution in [3.8, 4) is 6.07 Å². The molecule has 228 valence electrons. The zero-order valence-electron chi connectivity index (χ0n) is 26.6. The third-order valence-electron chi connectivity index (χ3n) is 8.21. The van der Waals surface area contributed by atoms with Crippen molar-refractivity contribution in [3.05, 3.63) is 64.6 Å². The van der Waals surface area contributed by atoms with Crippen molar-refractivity contribution in [2.45, 2.75) is 71.4 Å². The Balaban J connectivity index is 1.62. The molecule has 2 heterocycles. The van der Waals surface area contributed by atoms with Crippen molar-refractivity contribution in [1.82, 2.24) is 19.4 Å². The van der Waals surface area contributed by atoms with Gasteiger partial charge in [0, 0.05) is 65.2 Å². The fourth-order valence-electron chi connectivity index (χ4n) is 5.56.